The Kier molecular flexibility index (Phi) is 6.51. The van der Waals surface area contributed by atoms with E-state index in [-0.39, 0.29) is 5.56 Å². The third-order valence-corrected chi connectivity index (χ3v) is 4.53. The van der Waals surface area contributed by atoms with Crippen LogP contribution in [0.3, 0.4) is 0 Å². The quantitative estimate of drug-likeness (QED) is 0.484. The number of hydrogen-bond donors (Lipinski definition) is 1. The number of rotatable bonds is 8. The van der Waals surface area contributed by atoms with Crippen molar-refractivity contribution in [1.29, 1.82) is 0 Å². The molecule has 0 unspecified atom stereocenters. The van der Waals surface area contributed by atoms with Gasteiger partial charge in [0.2, 0.25) is 5.88 Å². The molecule has 5 nitrogen and oxygen atoms in total. The van der Waals surface area contributed by atoms with Crippen LogP contribution >= 0.6 is 0 Å². The molecule has 1 atom stereocenters. The highest BCUT2D eigenvalue weighted by atomic mass is 19.3. The molecule has 154 valence electrons. The fourth-order valence-corrected chi connectivity index (χ4v) is 2.99. The van der Waals surface area contributed by atoms with E-state index in [0.717, 1.165) is 18.9 Å². The number of nitrogens with one attached hydrogen (secondary N) is 1. The predicted octanol–water partition coefficient (Wildman–Crippen LogP) is 5.76. The molecule has 0 spiro atoms. The van der Waals surface area contributed by atoms with Crippen molar-refractivity contribution in [3.63, 3.8) is 0 Å². The van der Waals surface area contributed by atoms with Gasteiger partial charge in [-0.15, -0.1) is 0 Å². The molecule has 2 aromatic heterocycles. The minimum absolute atomic E-state index is 0.140. The first-order chi connectivity index (χ1) is 13.9. The molecule has 0 bridgehead atoms. The molecular weight excluding hydrogens is 381 g/mol. The van der Waals surface area contributed by atoms with Crippen molar-refractivity contribution in [3.05, 3.63) is 53.2 Å². The average Bonchev–Trinajstić information content (AvgIpc) is 2.68. The van der Waals surface area contributed by atoms with E-state index < -0.39 is 23.8 Å². The first kappa shape index (κ1) is 20.8. The maximum atomic E-state index is 14.5. The fourth-order valence-electron chi connectivity index (χ4n) is 2.99. The standard InChI is InChI=1S/C21H23F3N4O/c1-4-5-9-29-18-10-16-17(11-25-18)27-13(3)28-21(16)26-12(2)14-7-6-8-15(19(14)22)20(23)24/h6-8,10-12,20H,4-5,9H2,1-3H3,(H,26,27,28)/t12-/m1/s1. The zero-order valence-electron chi connectivity index (χ0n) is 16.5. The number of alkyl halides is 2. The Hall–Kier alpha value is -2.90. The first-order valence-electron chi connectivity index (χ1n) is 9.50. The van der Waals surface area contributed by atoms with E-state index in [0.29, 0.717) is 35.0 Å². The Morgan fingerprint density at radius 1 is 1.17 bits per heavy atom. The van der Waals surface area contributed by atoms with Gasteiger partial charge in [0.05, 0.1) is 29.9 Å². The van der Waals surface area contributed by atoms with Crippen LogP contribution in [0, 0.1) is 12.7 Å². The number of nitrogens with zero attached hydrogens (tertiary/aromatic N) is 3. The van der Waals surface area contributed by atoms with Crippen molar-refractivity contribution in [2.75, 3.05) is 11.9 Å². The molecule has 2 heterocycles. The maximum absolute atomic E-state index is 14.5. The molecule has 0 aliphatic carbocycles. The normalized spacial score (nSPS) is 12.4. The van der Waals surface area contributed by atoms with E-state index in [2.05, 4.69) is 27.2 Å². The molecule has 0 radical (unpaired) electrons. The molecule has 0 fully saturated rings. The Balaban J connectivity index is 1.94. The molecule has 0 saturated carbocycles. The van der Waals surface area contributed by atoms with Crippen molar-refractivity contribution >= 4 is 16.7 Å². The number of hydrogen-bond acceptors (Lipinski definition) is 5. The number of halogens is 3. The van der Waals surface area contributed by atoms with Crippen LogP contribution in [0.1, 0.15) is 56.1 Å². The molecule has 8 heteroatoms. The number of benzene rings is 1. The van der Waals surface area contributed by atoms with E-state index in [4.69, 9.17) is 4.74 Å². The van der Waals surface area contributed by atoms with Gasteiger partial charge in [0.25, 0.3) is 6.43 Å². The summed E-state index contributed by atoms with van der Waals surface area (Å²) in [5, 5.41) is 3.79. The minimum Gasteiger partial charge on any atom is -0.478 e. The highest BCUT2D eigenvalue weighted by molar-refractivity contribution is 5.89. The largest absolute Gasteiger partial charge is 0.478 e. The van der Waals surface area contributed by atoms with Gasteiger partial charge < -0.3 is 10.1 Å². The molecule has 0 amide bonds. The van der Waals surface area contributed by atoms with Gasteiger partial charge in [-0.2, -0.15) is 0 Å². The van der Waals surface area contributed by atoms with Gasteiger partial charge in [-0.25, -0.2) is 28.1 Å². The number of fused-ring (bicyclic) bond motifs is 1. The SMILES string of the molecule is CCCCOc1cc2c(N[C@H](C)c3cccc(C(F)F)c3F)nc(C)nc2cn1. The number of aryl methyl sites for hydroxylation is 1. The summed E-state index contributed by atoms with van der Waals surface area (Å²) in [6.07, 6.45) is 0.632. The predicted molar refractivity (Wildman–Crippen MR) is 106 cm³/mol. The Morgan fingerprint density at radius 2 is 1.93 bits per heavy atom. The molecular formula is C21H23F3N4O. The summed E-state index contributed by atoms with van der Waals surface area (Å²) in [7, 11) is 0. The number of aromatic nitrogens is 3. The van der Waals surface area contributed by atoms with Crippen molar-refractivity contribution in [1.82, 2.24) is 15.0 Å². The van der Waals surface area contributed by atoms with Gasteiger partial charge in [0, 0.05) is 17.0 Å². The highest BCUT2D eigenvalue weighted by Gasteiger charge is 2.20. The molecule has 1 aromatic carbocycles. The summed E-state index contributed by atoms with van der Waals surface area (Å²) >= 11 is 0. The lowest BCUT2D eigenvalue weighted by atomic mass is 10.0. The lowest BCUT2D eigenvalue weighted by Gasteiger charge is -2.18. The van der Waals surface area contributed by atoms with Crippen molar-refractivity contribution in [3.8, 4) is 5.88 Å². The summed E-state index contributed by atoms with van der Waals surface area (Å²) in [6.45, 7) is 6.04. The van der Waals surface area contributed by atoms with E-state index in [1.807, 2.05) is 0 Å². The average molecular weight is 404 g/mol. The third kappa shape index (κ3) is 4.75. The van der Waals surface area contributed by atoms with Gasteiger partial charge in [-0.1, -0.05) is 31.5 Å². The second-order valence-corrected chi connectivity index (χ2v) is 6.78. The number of ether oxygens (including phenoxy) is 1. The summed E-state index contributed by atoms with van der Waals surface area (Å²) in [5.74, 6) is 0.503. The second-order valence-electron chi connectivity index (χ2n) is 6.78. The van der Waals surface area contributed by atoms with Crippen molar-refractivity contribution in [2.45, 2.75) is 46.1 Å². The van der Waals surface area contributed by atoms with Crippen LogP contribution in [0.2, 0.25) is 0 Å². The van der Waals surface area contributed by atoms with Gasteiger partial charge in [0.1, 0.15) is 17.5 Å². The lowest BCUT2D eigenvalue weighted by molar-refractivity contribution is 0.146. The van der Waals surface area contributed by atoms with Crippen LogP contribution in [-0.2, 0) is 0 Å². The molecule has 0 saturated heterocycles. The van der Waals surface area contributed by atoms with Crippen LogP contribution in [0.15, 0.2) is 30.5 Å². The third-order valence-electron chi connectivity index (χ3n) is 4.53. The Morgan fingerprint density at radius 3 is 2.66 bits per heavy atom. The van der Waals surface area contributed by atoms with Gasteiger partial charge in [-0.05, 0) is 20.3 Å². The van der Waals surface area contributed by atoms with Crippen LogP contribution in [0.25, 0.3) is 10.9 Å². The topological polar surface area (TPSA) is 59.9 Å². The molecule has 3 rings (SSSR count). The zero-order valence-corrected chi connectivity index (χ0v) is 16.5. The summed E-state index contributed by atoms with van der Waals surface area (Å²) in [5.41, 5.74) is 0.133. The molecule has 1 N–H and O–H groups in total. The number of pyridine rings is 1. The second kappa shape index (κ2) is 9.07. The molecule has 3 aromatic rings. The summed E-state index contributed by atoms with van der Waals surface area (Å²) in [4.78, 5) is 13.0. The fraction of sp³-hybridized carbons (Fsp3) is 0.381. The van der Waals surface area contributed by atoms with Crippen molar-refractivity contribution in [2.24, 2.45) is 0 Å². The van der Waals surface area contributed by atoms with E-state index in [1.54, 1.807) is 26.1 Å². The van der Waals surface area contributed by atoms with Crippen LogP contribution in [0.4, 0.5) is 19.0 Å². The molecule has 0 aliphatic heterocycles. The van der Waals surface area contributed by atoms with Gasteiger partial charge in [-0.3, -0.25) is 0 Å². The Labute approximate surface area is 167 Å². The van der Waals surface area contributed by atoms with Crippen molar-refractivity contribution < 1.29 is 17.9 Å². The molecule has 0 aliphatic rings. The van der Waals surface area contributed by atoms with E-state index in [9.17, 15) is 13.2 Å². The minimum atomic E-state index is -2.88. The summed E-state index contributed by atoms with van der Waals surface area (Å²) < 4.78 is 46.2. The van der Waals surface area contributed by atoms with Crippen LogP contribution in [0.5, 0.6) is 5.88 Å². The maximum Gasteiger partial charge on any atom is 0.266 e. The highest BCUT2D eigenvalue weighted by Crippen LogP contribution is 2.31. The smallest absolute Gasteiger partial charge is 0.266 e. The Bertz CT molecular complexity index is 997. The first-order valence-corrected chi connectivity index (χ1v) is 9.50. The zero-order chi connectivity index (χ0) is 21.0. The van der Waals surface area contributed by atoms with E-state index >= 15 is 0 Å². The molecule has 29 heavy (non-hydrogen) atoms. The number of unbranched alkanes of at least 4 members (excludes halogenated alkanes) is 1. The van der Waals surface area contributed by atoms with Crippen LogP contribution < -0.4 is 10.1 Å². The summed E-state index contributed by atoms with van der Waals surface area (Å²) in [6, 6.07) is 5.13. The number of anilines is 1. The van der Waals surface area contributed by atoms with E-state index in [1.165, 1.54) is 12.1 Å². The van der Waals surface area contributed by atoms with Gasteiger partial charge in [0.15, 0.2) is 0 Å². The van der Waals surface area contributed by atoms with Gasteiger partial charge >= 0.3 is 0 Å². The monoisotopic (exact) mass is 404 g/mol. The lowest BCUT2D eigenvalue weighted by Crippen LogP contribution is -2.12. The van der Waals surface area contributed by atoms with Crippen LogP contribution in [-0.4, -0.2) is 21.6 Å².